The average Bonchev–Trinajstić information content (AvgIpc) is 3.02. The van der Waals surface area contributed by atoms with Crippen LogP contribution in [0.5, 0.6) is 5.75 Å². The minimum absolute atomic E-state index is 0.441. The molecule has 0 saturated heterocycles. The summed E-state index contributed by atoms with van der Waals surface area (Å²) in [6, 6.07) is 8.07. The van der Waals surface area contributed by atoms with E-state index in [4.69, 9.17) is 4.74 Å². The summed E-state index contributed by atoms with van der Waals surface area (Å²) < 4.78 is 5.53. The second-order valence-corrected chi connectivity index (χ2v) is 6.96. The van der Waals surface area contributed by atoms with Crippen LogP contribution in [0.4, 0.5) is 0 Å². The number of benzene rings is 1. The highest BCUT2D eigenvalue weighted by atomic mass is 28.1. The molecule has 0 heterocycles. The third-order valence-electron chi connectivity index (χ3n) is 5.21. The third kappa shape index (κ3) is 2.34. The highest BCUT2D eigenvalue weighted by Gasteiger charge is 2.48. The Morgan fingerprint density at radius 2 is 2.00 bits per heavy atom. The van der Waals surface area contributed by atoms with Crippen molar-refractivity contribution >= 4 is 10.2 Å². The van der Waals surface area contributed by atoms with Gasteiger partial charge in [-0.3, -0.25) is 0 Å². The number of hydrogen-bond acceptors (Lipinski definition) is 2. The Labute approximate surface area is 118 Å². The molecule has 4 unspecified atom stereocenters. The minimum atomic E-state index is -0.681. The van der Waals surface area contributed by atoms with Crippen molar-refractivity contribution in [1.82, 2.24) is 0 Å². The smallest absolute Gasteiger partial charge is 0.118 e. The minimum Gasteiger partial charge on any atom is -0.498 e. The fraction of sp³-hybridized carbons (Fsp3) is 0.625. The Balaban J connectivity index is 1.79. The number of rotatable bonds is 4. The van der Waals surface area contributed by atoms with Crippen molar-refractivity contribution in [3.8, 4) is 5.75 Å². The fourth-order valence-electron chi connectivity index (χ4n) is 4.20. The Hall–Kier alpha value is -0.803. The van der Waals surface area contributed by atoms with Gasteiger partial charge >= 0.3 is 0 Å². The zero-order chi connectivity index (χ0) is 13.5. The summed E-state index contributed by atoms with van der Waals surface area (Å²) >= 11 is 0. The van der Waals surface area contributed by atoms with E-state index in [1.165, 1.54) is 25.7 Å². The van der Waals surface area contributed by atoms with Crippen LogP contribution in [0, 0.1) is 17.8 Å². The van der Waals surface area contributed by atoms with Crippen molar-refractivity contribution in [2.24, 2.45) is 17.8 Å². The van der Waals surface area contributed by atoms with Crippen molar-refractivity contribution in [2.75, 3.05) is 6.23 Å². The lowest BCUT2D eigenvalue weighted by molar-refractivity contribution is -0.0297. The number of ether oxygens (including phenoxy) is 1. The molecule has 2 aliphatic rings. The SMILES string of the molecule is CC(O)(c1ccc(OC[SiH3])cc1)C1CC2CCC1C2. The third-order valence-corrected chi connectivity index (χ3v) is 5.50. The molecule has 19 heavy (non-hydrogen) atoms. The molecule has 3 rings (SSSR count). The van der Waals surface area contributed by atoms with Gasteiger partial charge < -0.3 is 9.84 Å². The number of hydrogen-bond donors (Lipinski definition) is 1. The molecule has 0 aliphatic heterocycles. The van der Waals surface area contributed by atoms with Gasteiger partial charge in [-0.15, -0.1) is 0 Å². The van der Waals surface area contributed by atoms with Crippen LogP contribution >= 0.6 is 0 Å². The second-order valence-electron chi connectivity index (χ2n) is 6.39. The topological polar surface area (TPSA) is 29.5 Å². The molecule has 104 valence electrons. The van der Waals surface area contributed by atoms with Gasteiger partial charge in [0.2, 0.25) is 0 Å². The van der Waals surface area contributed by atoms with Crippen molar-refractivity contribution in [1.29, 1.82) is 0 Å². The fourth-order valence-corrected chi connectivity index (χ4v) is 4.54. The Kier molecular flexibility index (Phi) is 3.44. The summed E-state index contributed by atoms with van der Waals surface area (Å²) in [4.78, 5) is 0. The maximum Gasteiger partial charge on any atom is 0.118 e. The van der Waals surface area contributed by atoms with E-state index in [0.29, 0.717) is 5.92 Å². The summed E-state index contributed by atoms with van der Waals surface area (Å²) in [5.74, 6) is 2.96. The van der Waals surface area contributed by atoms with E-state index in [2.05, 4.69) is 0 Å². The summed E-state index contributed by atoms with van der Waals surface area (Å²) in [5.41, 5.74) is 0.366. The maximum absolute atomic E-state index is 11.0. The number of fused-ring (bicyclic) bond motifs is 2. The Morgan fingerprint density at radius 1 is 1.26 bits per heavy atom. The molecule has 2 bridgehead atoms. The molecule has 2 aliphatic carbocycles. The first-order chi connectivity index (χ1) is 9.11. The van der Waals surface area contributed by atoms with Gasteiger partial charge in [0.1, 0.15) is 5.75 Å². The zero-order valence-electron chi connectivity index (χ0n) is 11.9. The molecule has 0 spiro atoms. The van der Waals surface area contributed by atoms with Gasteiger partial charge in [-0.05, 0) is 61.6 Å². The normalized spacial score (nSPS) is 32.4. The van der Waals surface area contributed by atoms with Crippen LogP contribution in [0.3, 0.4) is 0 Å². The molecule has 2 fully saturated rings. The van der Waals surface area contributed by atoms with Crippen LogP contribution in [0.1, 0.15) is 38.2 Å². The molecule has 2 nitrogen and oxygen atoms in total. The maximum atomic E-state index is 11.0. The van der Waals surface area contributed by atoms with E-state index in [9.17, 15) is 5.11 Å². The van der Waals surface area contributed by atoms with E-state index in [1.807, 2.05) is 31.2 Å². The van der Waals surface area contributed by atoms with Crippen molar-refractivity contribution in [3.63, 3.8) is 0 Å². The van der Waals surface area contributed by atoms with Gasteiger partial charge in [0.25, 0.3) is 0 Å². The van der Waals surface area contributed by atoms with Crippen molar-refractivity contribution in [2.45, 2.75) is 38.2 Å². The molecular weight excluding hydrogens is 252 g/mol. The lowest BCUT2D eigenvalue weighted by Gasteiger charge is -2.36. The largest absolute Gasteiger partial charge is 0.498 e. The molecule has 1 N–H and O–H groups in total. The second kappa shape index (κ2) is 4.95. The highest BCUT2D eigenvalue weighted by molar-refractivity contribution is 6.08. The molecule has 1 aromatic carbocycles. The van der Waals surface area contributed by atoms with Crippen LogP contribution in [-0.4, -0.2) is 21.6 Å². The van der Waals surface area contributed by atoms with Crippen LogP contribution in [-0.2, 0) is 5.60 Å². The molecular formula is C16H24O2Si. The highest BCUT2D eigenvalue weighted by Crippen LogP contribution is 2.54. The molecule has 0 aromatic heterocycles. The summed E-state index contributed by atoms with van der Waals surface area (Å²) in [7, 11) is 1.05. The molecule has 4 atom stereocenters. The van der Waals surface area contributed by atoms with E-state index >= 15 is 0 Å². The predicted molar refractivity (Wildman–Crippen MR) is 80.4 cm³/mol. The van der Waals surface area contributed by atoms with Crippen LogP contribution < -0.4 is 4.74 Å². The predicted octanol–water partition coefficient (Wildman–Crippen LogP) is 2.03. The average molecular weight is 276 g/mol. The quantitative estimate of drug-likeness (QED) is 0.853. The van der Waals surface area contributed by atoms with Crippen molar-refractivity contribution < 1.29 is 9.84 Å². The first kappa shape index (κ1) is 13.2. The molecule has 0 radical (unpaired) electrons. The van der Waals surface area contributed by atoms with Gasteiger partial charge in [0.15, 0.2) is 0 Å². The Morgan fingerprint density at radius 3 is 2.53 bits per heavy atom. The lowest BCUT2D eigenvalue weighted by atomic mass is 9.74. The lowest BCUT2D eigenvalue weighted by Crippen LogP contribution is -2.35. The zero-order valence-corrected chi connectivity index (χ0v) is 13.9. The molecule has 2 saturated carbocycles. The van der Waals surface area contributed by atoms with E-state index < -0.39 is 5.60 Å². The summed E-state index contributed by atoms with van der Waals surface area (Å²) in [5, 5.41) is 11.0. The van der Waals surface area contributed by atoms with Gasteiger partial charge in [-0.25, -0.2) is 0 Å². The molecule has 3 heteroatoms. The van der Waals surface area contributed by atoms with Crippen LogP contribution in [0.15, 0.2) is 24.3 Å². The number of aliphatic hydroxyl groups is 1. The Bertz CT molecular complexity index is 441. The van der Waals surface area contributed by atoms with Crippen LogP contribution in [0.25, 0.3) is 0 Å². The van der Waals surface area contributed by atoms with Crippen LogP contribution in [0.2, 0.25) is 0 Å². The molecule has 1 aromatic rings. The van der Waals surface area contributed by atoms with Gasteiger partial charge in [-0.1, -0.05) is 18.6 Å². The summed E-state index contributed by atoms with van der Waals surface area (Å²) in [6.07, 6.45) is 6.05. The van der Waals surface area contributed by atoms with E-state index in [0.717, 1.165) is 39.6 Å². The monoisotopic (exact) mass is 276 g/mol. The van der Waals surface area contributed by atoms with Gasteiger partial charge in [0, 0.05) is 0 Å². The first-order valence-corrected chi connectivity index (χ1v) is 8.98. The van der Waals surface area contributed by atoms with Crippen molar-refractivity contribution in [3.05, 3.63) is 29.8 Å². The van der Waals surface area contributed by atoms with Gasteiger partial charge in [-0.2, -0.15) is 0 Å². The standard InChI is InChI=1S/C16H24O2Si/c1-16(17,15-9-11-2-3-12(15)8-11)13-4-6-14(7-5-13)18-10-19/h4-7,11-12,15,17H,2-3,8-10H2,1,19H3. The van der Waals surface area contributed by atoms with Gasteiger partial charge in [0.05, 0.1) is 22.1 Å². The molecule has 0 amide bonds. The van der Waals surface area contributed by atoms with E-state index in [-0.39, 0.29) is 0 Å². The first-order valence-electron chi connectivity index (χ1n) is 7.57. The summed E-state index contributed by atoms with van der Waals surface area (Å²) in [6.45, 7) is 2.00. The van der Waals surface area contributed by atoms with E-state index in [1.54, 1.807) is 0 Å².